The van der Waals surface area contributed by atoms with E-state index in [1.54, 1.807) is 42.5 Å². The molecule has 3 aromatic rings. The highest BCUT2D eigenvalue weighted by molar-refractivity contribution is 5.91. The molecule has 0 saturated carbocycles. The summed E-state index contributed by atoms with van der Waals surface area (Å²) in [4.78, 5) is 12.0. The highest BCUT2D eigenvalue weighted by Crippen LogP contribution is 2.32. The number of carbonyl (C=O) groups excluding carboxylic acids is 1. The average Bonchev–Trinajstić information content (AvgIpc) is 3.34. The Bertz CT molecular complexity index is 1010. The monoisotopic (exact) mass is 366 g/mol. The molecule has 0 saturated heterocycles. The van der Waals surface area contributed by atoms with E-state index in [-0.39, 0.29) is 19.2 Å². The van der Waals surface area contributed by atoms with Crippen LogP contribution < -0.4 is 14.8 Å². The summed E-state index contributed by atoms with van der Waals surface area (Å²) in [6.07, 6.45) is 3.08. The SMILES string of the molecule is O=C(/C=C\c1ccc2c(c1)OCO2)NCc1cc(-c2ccccc2F)on1. The van der Waals surface area contributed by atoms with Crippen molar-refractivity contribution >= 4 is 12.0 Å². The van der Waals surface area contributed by atoms with Crippen LogP contribution in [0.3, 0.4) is 0 Å². The topological polar surface area (TPSA) is 73.6 Å². The number of rotatable bonds is 5. The zero-order chi connectivity index (χ0) is 18.6. The van der Waals surface area contributed by atoms with Gasteiger partial charge >= 0.3 is 0 Å². The second-order valence-corrected chi connectivity index (χ2v) is 5.83. The van der Waals surface area contributed by atoms with Gasteiger partial charge in [-0.2, -0.15) is 0 Å². The smallest absolute Gasteiger partial charge is 0.244 e. The summed E-state index contributed by atoms with van der Waals surface area (Å²) < 4.78 is 29.4. The highest BCUT2D eigenvalue weighted by atomic mass is 19.1. The van der Waals surface area contributed by atoms with Gasteiger partial charge in [0.2, 0.25) is 12.7 Å². The van der Waals surface area contributed by atoms with Crippen LogP contribution in [0.5, 0.6) is 11.5 Å². The molecule has 2 heterocycles. The zero-order valence-electron chi connectivity index (χ0n) is 14.1. The van der Waals surface area contributed by atoms with E-state index in [0.29, 0.717) is 28.5 Å². The Morgan fingerprint density at radius 2 is 2.00 bits per heavy atom. The quantitative estimate of drug-likeness (QED) is 0.699. The van der Waals surface area contributed by atoms with Gasteiger partial charge in [0, 0.05) is 12.1 Å². The van der Waals surface area contributed by atoms with Crippen LogP contribution in [-0.2, 0) is 11.3 Å². The molecule has 136 valence electrons. The lowest BCUT2D eigenvalue weighted by Crippen LogP contribution is -2.20. The molecule has 0 radical (unpaired) electrons. The maximum absolute atomic E-state index is 13.8. The van der Waals surface area contributed by atoms with Crippen LogP contribution in [0.4, 0.5) is 4.39 Å². The van der Waals surface area contributed by atoms with Gasteiger partial charge in [0.25, 0.3) is 0 Å². The van der Waals surface area contributed by atoms with E-state index in [0.717, 1.165) is 5.56 Å². The molecule has 1 aliphatic rings. The molecule has 1 amide bonds. The number of halogens is 1. The maximum Gasteiger partial charge on any atom is 0.244 e. The number of benzene rings is 2. The predicted octanol–water partition coefficient (Wildman–Crippen LogP) is 3.54. The number of nitrogens with one attached hydrogen (secondary N) is 1. The fourth-order valence-electron chi connectivity index (χ4n) is 2.61. The van der Waals surface area contributed by atoms with Crippen molar-refractivity contribution in [1.82, 2.24) is 10.5 Å². The minimum Gasteiger partial charge on any atom is -0.454 e. The molecule has 0 bridgehead atoms. The molecular weight excluding hydrogens is 351 g/mol. The Morgan fingerprint density at radius 3 is 2.89 bits per heavy atom. The molecule has 1 aliphatic heterocycles. The molecule has 0 spiro atoms. The van der Waals surface area contributed by atoms with Crippen LogP contribution in [0.25, 0.3) is 17.4 Å². The second-order valence-electron chi connectivity index (χ2n) is 5.83. The van der Waals surface area contributed by atoms with Gasteiger partial charge in [-0.25, -0.2) is 4.39 Å². The Kier molecular flexibility index (Phi) is 4.57. The molecule has 0 unspecified atom stereocenters. The summed E-state index contributed by atoms with van der Waals surface area (Å²) in [6, 6.07) is 13.3. The molecule has 6 nitrogen and oxygen atoms in total. The van der Waals surface area contributed by atoms with Gasteiger partial charge in [-0.05, 0) is 35.9 Å². The third-order valence-electron chi connectivity index (χ3n) is 3.97. The van der Waals surface area contributed by atoms with Crippen molar-refractivity contribution in [2.45, 2.75) is 6.54 Å². The number of amides is 1. The van der Waals surface area contributed by atoms with Crippen LogP contribution in [0.2, 0.25) is 0 Å². The Morgan fingerprint density at radius 1 is 1.15 bits per heavy atom. The molecule has 4 rings (SSSR count). The molecule has 0 fully saturated rings. The van der Waals surface area contributed by atoms with E-state index in [9.17, 15) is 9.18 Å². The first-order valence-corrected chi connectivity index (χ1v) is 8.25. The summed E-state index contributed by atoms with van der Waals surface area (Å²) in [5, 5.41) is 6.56. The Balaban J connectivity index is 1.35. The third-order valence-corrected chi connectivity index (χ3v) is 3.97. The molecule has 7 heteroatoms. The van der Waals surface area contributed by atoms with Gasteiger partial charge in [0.05, 0.1) is 12.1 Å². The largest absolute Gasteiger partial charge is 0.454 e. The molecule has 0 aliphatic carbocycles. The number of fused-ring (bicyclic) bond motifs is 1. The lowest BCUT2D eigenvalue weighted by Gasteiger charge is -1.99. The van der Waals surface area contributed by atoms with Crippen LogP contribution in [0.1, 0.15) is 11.3 Å². The lowest BCUT2D eigenvalue weighted by atomic mass is 10.1. The number of ether oxygens (including phenoxy) is 2. The van der Waals surface area contributed by atoms with Gasteiger partial charge in [-0.1, -0.05) is 23.4 Å². The van der Waals surface area contributed by atoms with Crippen LogP contribution in [-0.4, -0.2) is 17.9 Å². The van der Waals surface area contributed by atoms with E-state index < -0.39 is 5.82 Å². The highest BCUT2D eigenvalue weighted by Gasteiger charge is 2.13. The fraction of sp³-hybridized carbons (Fsp3) is 0.100. The standard InChI is InChI=1S/C20H15FN2O4/c21-16-4-2-1-3-15(16)18-10-14(23-27-18)11-22-20(24)8-6-13-5-7-17-19(9-13)26-12-25-17/h1-10H,11-12H2,(H,22,24)/b8-6-. The summed E-state index contributed by atoms with van der Waals surface area (Å²) in [7, 11) is 0. The Hall–Kier alpha value is -3.61. The predicted molar refractivity (Wildman–Crippen MR) is 95.3 cm³/mol. The minimum atomic E-state index is -0.393. The van der Waals surface area contributed by atoms with Crippen LogP contribution in [0.15, 0.2) is 59.1 Å². The second kappa shape index (κ2) is 7.33. The van der Waals surface area contributed by atoms with E-state index in [4.69, 9.17) is 14.0 Å². The number of carbonyl (C=O) groups is 1. The number of hydrogen-bond acceptors (Lipinski definition) is 5. The number of hydrogen-bond donors (Lipinski definition) is 1. The van der Waals surface area contributed by atoms with E-state index in [1.165, 1.54) is 12.1 Å². The van der Waals surface area contributed by atoms with E-state index in [2.05, 4.69) is 10.5 Å². The Labute approximate surface area is 154 Å². The van der Waals surface area contributed by atoms with Gasteiger partial charge in [0.15, 0.2) is 17.3 Å². The number of aromatic nitrogens is 1. The van der Waals surface area contributed by atoms with Crippen molar-refractivity contribution in [1.29, 1.82) is 0 Å². The summed E-state index contributed by atoms with van der Waals surface area (Å²) in [5.74, 6) is 0.973. The molecule has 1 N–H and O–H groups in total. The summed E-state index contributed by atoms with van der Waals surface area (Å²) >= 11 is 0. The maximum atomic E-state index is 13.8. The van der Waals surface area contributed by atoms with Crippen LogP contribution >= 0.6 is 0 Å². The van der Waals surface area contributed by atoms with Crippen LogP contribution in [0, 0.1) is 5.82 Å². The summed E-state index contributed by atoms with van der Waals surface area (Å²) in [5.41, 5.74) is 1.64. The van der Waals surface area contributed by atoms with Crippen molar-refractivity contribution in [2.75, 3.05) is 6.79 Å². The molecule has 27 heavy (non-hydrogen) atoms. The molecule has 2 aromatic carbocycles. The molecular formula is C20H15FN2O4. The average molecular weight is 366 g/mol. The summed E-state index contributed by atoms with van der Waals surface area (Å²) in [6.45, 7) is 0.373. The minimum absolute atomic E-state index is 0.169. The van der Waals surface area contributed by atoms with Crippen molar-refractivity contribution in [3.8, 4) is 22.8 Å². The van der Waals surface area contributed by atoms with Gasteiger partial charge in [-0.3, -0.25) is 4.79 Å². The normalized spacial score (nSPS) is 12.5. The van der Waals surface area contributed by atoms with E-state index >= 15 is 0 Å². The van der Waals surface area contributed by atoms with Gasteiger partial charge in [0.1, 0.15) is 11.5 Å². The first kappa shape index (κ1) is 16.8. The fourth-order valence-corrected chi connectivity index (χ4v) is 2.61. The van der Waals surface area contributed by atoms with Gasteiger partial charge in [-0.15, -0.1) is 0 Å². The van der Waals surface area contributed by atoms with Crippen molar-refractivity contribution in [2.24, 2.45) is 0 Å². The first-order chi connectivity index (χ1) is 13.2. The lowest BCUT2D eigenvalue weighted by molar-refractivity contribution is -0.116. The third kappa shape index (κ3) is 3.82. The number of nitrogens with zero attached hydrogens (tertiary/aromatic N) is 1. The molecule has 1 aromatic heterocycles. The molecule has 0 atom stereocenters. The zero-order valence-corrected chi connectivity index (χ0v) is 14.1. The van der Waals surface area contributed by atoms with E-state index in [1.807, 2.05) is 6.07 Å². The van der Waals surface area contributed by atoms with Crippen molar-refractivity contribution in [3.05, 3.63) is 71.7 Å². The van der Waals surface area contributed by atoms with Gasteiger partial charge < -0.3 is 19.3 Å². The van der Waals surface area contributed by atoms with Crippen molar-refractivity contribution in [3.63, 3.8) is 0 Å². The first-order valence-electron chi connectivity index (χ1n) is 8.25. The van der Waals surface area contributed by atoms with Crippen molar-refractivity contribution < 1.29 is 23.2 Å².